The Bertz CT molecular complexity index is 726. The number of ether oxygens (including phenoxy) is 1. The van der Waals surface area contributed by atoms with Crippen LogP contribution >= 0.6 is 12.2 Å². The predicted molar refractivity (Wildman–Crippen MR) is 80.6 cm³/mol. The molecule has 0 fully saturated rings. The van der Waals surface area contributed by atoms with Crippen molar-refractivity contribution in [3.63, 3.8) is 0 Å². The average molecular weight is 306 g/mol. The molecule has 0 unspecified atom stereocenters. The van der Waals surface area contributed by atoms with Crippen LogP contribution in [0.1, 0.15) is 21.5 Å². The number of hydrogen-bond acceptors (Lipinski definition) is 3. The number of benzene rings is 2. The van der Waals surface area contributed by atoms with Gasteiger partial charge in [-0.25, -0.2) is 8.78 Å². The van der Waals surface area contributed by atoms with E-state index in [9.17, 15) is 13.6 Å². The van der Waals surface area contributed by atoms with Crippen LogP contribution in [0.3, 0.4) is 0 Å². The summed E-state index contributed by atoms with van der Waals surface area (Å²) in [6, 6.07) is 7.03. The number of rotatable bonds is 3. The van der Waals surface area contributed by atoms with Gasteiger partial charge in [-0.15, -0.1) is 0 Å². The van der Waals surface area contributed by atoms with Crippen molar-refractivity contribution >= 4 is 23.6 Å². The Morgan fingerprint density at radius 2 is 1.81 bits per heavy atom. The molecule has 0 radical (unpaired) electrons. The molecule has 0 saturated heterocycles. The highest BCUT2D eigenvalue weighted by Gasteiger charge is 2.21. The average Bonchev–Trinajstić information content (AvgIpc) is 2.48. The van der Waals surface area contributed by atoms with Gasteiger partial charge in [0.25, 0.3) is 0 Å². The number of carbonyl (C=O) groups is 1. The molecule has 0 aromatic heterocycles. The van der Waals surface area contributed by atoms with E-state index in [0.29, 0.717) is 23.0 Å². The summed E-state index contributed by atoms with van der Waals surface area (Å²) in [5.41, 5.74) is 1.05. The smallest absolute Gasteiger partial charge is 0.191 e. The fourth-order valence-electron chi connectivity index (χ4n) is 2.22. The molecule has 0 aliphatic carbocycles. The summed E-state index contributed by atoms with van der Waals surface area (Å²) < 4.78 is 33.0. The summed E-state index contributed by atoms with van der Waals surface area (Å²) in [5, 5.41) is 0.147. The van der Waals surface area contributed by atoms with Crippen LogP contribution in [0.25, 0.3) is 11.1 Å². The first-order valence-corrected chi connectivity index (χ1v) is 6.53. The first-order chi connectivity index (χ1) is 10.0. The van der Waals surface area contributed by atoms with E-state index in [2.05, 4.69) is 0 Å². The van der Waals surface area contributed by atoms with Crippen molar-refractivity contribution in [3.8, 4) is 11.1 Å². The molecule has 0 aliphatic heterocycles. The minimum absolute atomic E-state index is 0.0995. The Morgan fingerprint density at radius 1 is 1.14 bits per heavy atom. The number of hydrogen-bond donors (Lipinski definition) is 0. The Balaban J connectivity index is 2.88. The number of halogens is 2. The Hall–Kier alpha value is -2.14. The Kier molecular flexibility index (Phi) is 4.43. The third kappa shape index (κ3) is 2.69. The van der Waals surface area contributed by atoms with Crippen LogP contribution in [-0.2, 0) is 4.74 Å². The van der Waals surface area contributed by atoms with Crippen LogP contribution in [0.5, 0.6) is 0 Å². The summed E-state index contributed by atoms with van der Waals surface area (Å²) in [6.07, 6.45) is 0.305. The largest absolute Gasteiger partial charge is 0.486 e. The molecule has 0 saturated carbocycles. The van der Waals surface area contributed by atoms with Gasteiger partial charge in [0.15, 0.2) is 11.3 Å². The zero-order valence-corrected chi connectivity index (χ0v) is 12.3. The lowest BCUT2D eigenvalue weighted by Gasteiger charge is -2.15. The lowest BCUT2D eigenvalue weighted by molar-refractivity contribution is 0.112. The Morgan fingerprint density at radius 3 is 2.43 bits per heavy atom. The fourth-order valence-corrected chi connectivity index (χ4v) is 2.39. The molecule has 21 heavy (non-hydrogen) atoms. The van der Waals surface area contributed by atoms with E-state index in [4.69, 9.17) is 17.0 Å². The molecule has 108 valence electrons. The fraction of sp³-hybridized carbons (Fsp3) is 0.125. The highest BCUT2D eigenvalue weighted by Crippen LogP contribution is 2.33. The summed E-state index contributed by atoms with van der Waals surface area (Å²) in [6.45, 7) is 1.73. The molecule has 0 heterocycles. The maximum Gasteiger partial charge on any atom is 0.191 e. The monoisotopic (exact) mass is 306 g/mol. The summed E-state index contributed by atoms with van der Waals surface area (Å²) in [5.74, 6) is -1.47. The molecule has 0 atom stereocenters. The van der Waals surface area contributed by atoms with Crippen molar-refractivity contribution in [1.82, 2.24) is 0 Å². The minimum atomic E-state index is -0.779. The number of carbonyl (C=O) groups excluding carboxylic acids is 1. The molecule has 0 amide bonds. The Labute approximate surface area is 126 Å². The topological polar surface area (TPSA) is 26.3 Å². The molecule has 0 aliphatic rings. The van der Waals surface area contributed by atoms with Gasteiger partial charge in [0, 0.05) is 16.7 Å². The molecule has 0 N–H and O–H groups in total. The lowest BCUT2D eigenvalue weighted by Crippen LogP contribution is -2.06. The normalized spacial score (nSPS) is 10.3. The third-order valence-electron chi connectivity index (χ3n) is 3.19. The van der Waals surface area contributed by atoms with Crippen LogP contribution in [0.4, 0.5) is 8.78 Å². The van der Waals surface area contributed by atoms with Gasteiger partial charge in [-0.1, -0.05) is 12.1 Å². The van der Waals surface area contributed by atoms with E-state index in [1.54, 1.807) is 25.1 Å². The van der Waals surface area contributed by atoms with Gasteiger partial charge in [0.1, 0.15) is 11.6 Å². The summed E-state index contributed by atoms with van der Waals surface area (Å²) in [4.78, 5) is 11.2. The van der Waals surface area contributed by atoms with E-state index in [1.807, 2.05) is 0 Å². The van der Waals surface area contributed by atoms with Gasteiger partial charge in [0.2, 0.25) is 0 Å². The minimum Gasteiger partial charge on any atom is -0.486 e. The van der Waals surface area contributed by atoms with E-state index >= 15 is 0 Å². The van der Waals surface area contributed by atoms with Gasteiger partial charge >= 0.3 is 0 Å². The second-order valence-corrected chi connectivity index (χ2v) is 4.80. The summed E-state index contributed by atoms with van der Waals surface area (Å²) >= 11 is 5.10. The van der Waals surface area contributed by atoms with Gasteiger partial charge in [-0.05, 0) is 42.9 Å². The lowest BCUT2D eigenvalue weighted by atomic mass is 9.91. The van der Waals surface area contributed by atoms with Crippen molar-refractivity contribution in [2.75, 3.05) is 7.11 Å². The molecule has 2 aromatic carbocycles. The van der Waals surface area contributed by atoms with Gasteiger partial charge in [-0.2, -0.15) is 0 Å². The molecule has 5 heteroatoms. The van der Waals surface area contributed by atoms with E-state index in [0.717, 1.165) is 12.1 Å². The SMILES string of the molecule is COC(=S)c1cccc(C)c1-c1c(F)ccc(F)c1C=O. The zero-order valence-electron chi connectivity index (χ0n) is 11.4. The van der Waals surface area contributed by atoms with Gasteiger partial charge in [-0.3, -0.25) is 4.79 Å². The highest BCUT2D eigenvalue weighted by molar-refractivity contribution is 7.80. The maximum atomic E-state index is 14.2. The zero-order chi connectivity index (χ0) is 15.6. The van der Waals surface area contributed by atoms with Crippen LogP contribution < -0.4 is 0 Å². The van der Waals surface area contributed by atoms with Crippen molar-refractivity contribution in [3.05, 3.63) is 58.7 Å². The first kappa shape index (κ1) is 15.3. The number of thiocarbonyl (C=S) groups is 1. The van der Waals surface area contributed by atoms with Crippen molar-refractivity contribution < 1.29 is 18.3 Å². The van der Waals surface area contributed by atoms with Crippen molar-refractivity contribution in [1.29, 1.82) is 0 Å². The van der Waals surface area contributed by atoms with Crippen LogP contribution in [-0.4, -0.2) is 18.4 Å². The third-order valence-corrected chi connectivity index (χ3v) is 3.57. The standard InChI is InChI=1S/C16H12F2O2S/c1-9-4-3-5-10(16(21)20-2)14(9)15-11(8-19)12(17)6-7-13(15)18/h3-8H,1-2H3. The predicted octanol–water partition coefficient (Wildman–Crippen LogP) is 4.07. The first-order valence-electron chi connectivity index (χ1n) is 6.12. The number of aryl methyl sites for hydroxylation is 1. The van der Waals surface area contributed by atoms with E-state index in [-0.39, 0.29) is 16.2 Å². The molecule has 0 spiro atoms. The van der Waals surface area contributed by atoms with Crippen molar-refractivity contribution in [2.45, 2.75) is 6.92 Å². The maximum absolute atomic E-state index is 14.2. The highest BCUT2D eigenvalue weighted by atomic mass is 32.1. The number of methoxy groups -OCH3 is 1. The molecule has 2 nitrogen and oxygen atoms in total. The van der Waals surface area contributed by atoms with Crippen molar-refractivity contribution in [2.24, 2.45) is 0 Å². The van der Waals surface area contributed by atoms with Crippen LogP contribution in [0.2, 0.25) is 0 Å². The molecule has 0 bridgehead atoms. The second-order valence-electron chi connectivity index (χ2n) is 4.42. The summed E-state index contributed by atoms with van der Waals surface area (Å²) in [7, 11) is 1.40. The molecule has 2 aromatic rings. The van der Waals surface area contributed by atoms with E-state index < -0.39 is 11.6 Å². The number of aldehydes is 1. The van der Waals surface area contributed by atoms with Gasteiger partial charge < -0.3 is 4.74 Å². The van der Waals surface area contributed by atoms with Crippen LogP contribution in [0.15, 0.2) is 30.3 Å². The van der Waals surface area contributed by atoms with E-state index in [1.165, 1.54) is 7.11 Å². The molecule has 2 rings (SSSR count). The molecular weight excluding hydrogens is 294 g/mol. The second kappa shape index (κ2) is 6.10. The van der Waals surface area contributed by atoms with Gasteiger partial charge in [0.05, 0.1) is 12.7 Å². The quantitative estimate of drug-likeness (QED) is 0.631. The molecular formula is C16H12F2O2S. The van der Waals surface area contributed by atoms with Crippen LogP contribution in [0, 0.1) is 18.6 Å².